The number of anilines is 1. The highest BCUT2D eigenvalue weighted by Crippen LogP contribution is 2.35. The van der Waals surface area contributed by atoms with Crippen molar-refractivity contribution in [3.8, 4) is 11.5 Å². The number of ether oxygens (including phenoxy) is 2. The second kappa shape index (κ2) is 5.87. The number of alkyl halides is 3. The van der Waals surface area contributed by atoms with Gasteiger partial charge in [0.05, 0.1) is 16.6 Å². The lowest BCUT2D eigenvalue weighted by atomic mass is 10.1. The van der Waals surface area contributed by atoms with Crippen LogP contribution in [-0.4, -0.2) is 23.2 Å². The van der Waals surface area contributed by atoms with Gasteiger partial charge in [-0.15, -0.1) is 0 Å². The summed E-state index contributed by atoms with van der Waals surface area (Å²) in [5.74, 6) is 1.62. The Balaban J connectivity index is 1.58. The van der Waals surface area contributed by atoms with Crippen LogP contribution in [0.5, 0.6) is 11.5 Å². The second-order valence-corrected chi connectivity index (χ2v) is 5.61. The van der Waals surface area contributed by atoms with Crippen molar-refractivity contribution in [1.29, 1.82) is 0 Å². The first-order chi connectivity index (χ1) is 12.0. The minimum absolute atomic E-state index is 0.00220. The molecule has 5 nitrogen and oxygen atoms in total. The van der Waals surface area contributed by atoms with Crippen LogP contribution in [-0.2, 0) is 12.7 Å². The Hall–Kier alpha value is -2.90. The minimum Gasteiger partial charge on any atom is -0.486 e. The Morgan fingerprint density at radius 2 is 1.80 bits per heavy atom. The fraction of sp³-hybridized carbons (Fsp3) is 0.235. The number of fused-ring (bicyclic) bond motifs is 2. The van der Waals surface area contributed by atoms with Gasteiger partial charge >= 0.3 is 6.18 Å². The van der Waals surface area contributed by atoms with Crippen molar-refractivity contribution < 1.29 is 22.6 Å². The predicted molar refractivity (Wildman–Crippen MR) is 85.9 cm³/mol. The normalized spacial score (nSPS) is 13.9. The molecule has 0 amide bonds. The van der Waals surface area contributed by atoms with Gasteiger partial charge in [0.25, 0.3) is 0 Å². The molecule has 2 heterocycles. The van der Waals surface area contributed by atoms with E-state index in [0.717, 1.165) is 11.6 Å². The number of nitrogens with zero attached hydrogens (tertiary/aromatic N) is 1. The number of nitrogens with one attached hydrogen (secondary N) is 2. The molecule has 3 aromatic rings. The fourth-order valence-electron chi connectivity index (χ4n) is 2.76. The SMILES string of the molecule is FC(F)(F)c1ccccc1CNc1nc2cc3c(cc2[nH]1)OCCO3. The maximum absolute atomic E-state index is 13.0. The largest absolute Gasteiger partial charge is 0.486 e. The molecule has 0 saturated carbocycles. The van der Waals surface area contributed by atoms with Crippen LogP contribution in [0, 0.1) is 0 Å². The molecule has 0 saturated heterocycles. The molecule has 130 valence electrons. The lowest BCUT2D eigenvalue weighted by Crippen LogP contribution is -2.15. The van der Waals surface area contributed by atoms with Crippen LogP contribution in [0.3, 0.4) is 0 Å². The first kappa shape index (κ1) is 15.6. The molecule has 0 unspecified atom stereocenters. The third-order valence-electron chi connectivity index (χ3n) is 3.91. The Bertz CT molecular complexity index is 878. The van der Waals surface area contributed by atoms with E-state index >= 15 is 0 Å². The summed E-state index contributed by atoms with van der Waals surface area (Å²) >= 11 is 0. The van der Waals surface area contributed by atoms with Crippen LogP contribution in [0.2, 0.25) is 0 Å². The Morgan fingerprint density at radius 3 is 2.56 bits per heavy atom. The lowest BCUT2D eigenvalue weighted by Gasteiger charge is -2.17. The van der Waals surface area contributed by atoms with E-state index in [1.807, 2.05) is 0 Å². The molecule has 4 rings (SSSR count). The van der Waals surface area contributed by atoms with Gasteiger partial charge in [-0.2, -0.15) is 13.2 Å². The summed E-state index contributed by atoms with van der Waals surface area (Å²) in [5, 5.41) is 2.91. The number of hydrogen-bond acceptors (Lipinski definition) is 4. The maximum Gasteiger partial charge on any atom is 0.416 e. The molecule has 0 radical (unpaired) electrons. The maximum atomic E-state index is 13.0. The molecule has 1 aliphatic heterocycles. The average molecular weight is 349 g/mol. The van der Waals surface area contributed by atoms with Crippen molar-refractivity contribution in [1.82, 2.24) is 9.97 Å². The number of aromatic amines is 1. The van der Waals surface area contributed by atoms with E-state index in [0.29, 0.717) is 36.2 Å². The van der Waals surface area contributed by atoms with Crippen molar-refractivity contribution in [2.24, 2.45) is 0 Å². The molecule has 0 bridgehead atoms. The summed E-state index contributed by atoms with van der Waals surface area (Å²) in [5.41, 5.74) is 0.865. The van der Waals surface area contributed by atoms with Crippen LogP contribution in [0.4, 0.5) is 19.1 Å². The van der Waals surface area contributed by atoms with E-state index in [1.165, 1.54) is 12.1 Å². The minimum atomic E-state index is -4.39. The molecule has 1 aliphatic rings. The van der Waals surface area contributed by atoms with Crippen LogP contribution in [0.1, 0.15) is 11.1 Å². The Kier molecular flexibility index (Phi) is 3.67. The van der Waals surface area contributed by atoms with Crippen molar-refractivity contribution in [2.45, 2.75) is 12.7 Å². The van der Waals surface area contributed by atoms with Gasteiger partial charge in [-0.3, -0.25) is 0 Å². The first-order valence-corrected chi connectivity index (χ1v) is 7.69. The van der Waals surface area contributed by atoms with Crippen molar-refractivity contribution in [2.75, 3.05) is 18.5 Å². The number of imidazole rings is 1. The molecule has 1 aromatic heterocycles. The van der Waals surface area contributed by atoms with Crippen LogP contribution in [0.15, 0.2) is 36.4 Å². The zero-order valence-corrected chi connectivity index (χ0v) is 13.0. The monoisotopic (exact) mass is 349 g/mol. The van der Waals surface area contributed by atoms with E-state index in [9.17, 15) is 13.2 Å². The van der Waals surface area contributed by atoms with Gasteiger partial charge in [0.1, 0.15) is 13.2 Å². The summed E-state index contributed by atoms with van der Waals surface area (Å²) in [6.45, 7) is 0.955. The van der Waals surface area contributed by atoms with E-state index in [-0.39, 0.29) is 12.1 Å². The van der Waals surface area contributed by atoms with E-state index in [1.54, 1.807) is 18.2 Å². The third kappa shape index (κ3) is 3.07. The highest BCUT2D eigenvalue weighted by atomic mass is 19.4. The van der Waals surface area contributed by atoms with Gasteiger partial charge in [0.2, 0.25) is 5.95 Å². The number of rotatable bonds is 3. The van der Waals surface area contributed by atoms with E-state index in [4.69, 9.17) is 9.47 Å². The van der Waals surface area contributed by atoms with Crippen molar-refractivity contribution in [3.05, 3.63) is 47.5 Å². The van der Waals surface area contributed by atoms with Gasteiger partial charge in [-0.1, -0.05) is 18.2 Å². The zero-order chi connectivity index (χ0) is 17.4. The van der Waals surface area contributed by atoms with Crippen molar-refractivity contribution in [3.63, 3.8) is 0 Å². The number of H-pyrrole nitrogens is 1. The lowest BCUT2D eigenvalue weighted by molar-refractivity contribution is -0.138. The Morgan fingerprint density at radius 1 is 1.08 bits per heavy atom. The summed E-state index contributed by atoms with van der Waals surface area (Å²) in [4.78, 5) is 7.38. The summed E-state index contributed by atoms with van der Waals surface area (Å²) in [7, 11) is 0. The molecular weight excluding hydrogens is 335 g/mol. The van der Waals surface area contributed by atoms with E-state index in [2.05, 4.69) is 15.3 Å². The van der Waals surface area contributed by atoms with Gasteiger partial charge < -0.3 is 19.8 Å². The summed E-state index contributed by atoms with van der Waals surface area (Å²) in [6.07, 6.45) is -4.39. The quantitative estimate of drug-likeness (QED) is 0.751. The van der Waals surface area contributed by atoms with Gasteiger partial charge in [-0.05, 0) is 11.6 Å². The van der Waals surface area contributed by atoms with Gasteiger partial charge in [0, 0.05) is 18.7 Å². The highest BCUT2D eigenvalue weighted by Gasteiger charge is 2.32. The van der Waals surface area contributed by atoms with E-state index < -0.39 is 11.7 Å². The van der Waals surface area contributed by atoms with Crippen LogP contribution >= 0.6 is 0 Å². The molecule has 0 aliphatic carbocycles. The number of halogens is 3. The topological polar surface area (TPSA) is 59.2 Å². The van der Waals surface area contributed by atoms with Crippen LogP contribution < -0.4 is 14.8 Å². The average Bonchev–Trinajstić information content (AvgIpc) is 2.99. The molecule has 25 heavy (non-hydrogen) atoms. The molecule has 0 spiro atoms. The third-order valence-corrected chi connectivity index (χ3v) is 3.91. The molecule has 2 N–H and O–H groups in total. The first-order valence-electron chi connectivity index (χ1n) is 7.69. The summed E-state index contributed by atoms with van der Waals surface area (Å²) < 4.78 is 50.1. The zero-order valence-electron chi connectivity index (χ0n) is 13.0. The predicted octanol–water partition coefficient (Wildman–Crippen LogP) is 3.97. The standard InChI is InChI=1S/C17H14F3N3O2/c18-17(19,20)11-4-2-1-3-10(11)9-21-16-22-12-7-14-15(8-13(12)23-16)25-6-5-24-14/h1-4,7-8H,5-6,9H2,(H2,21,22,23). The Labute approximate surface area is 140 Å². The molecule has 0 atom stereocenters. The highest BCUT2D eigenvalue weighted by molar-refractivity contribution is 5.81. The molecular formula is C17H14F3N3O2. The smallest absolute Gasteiger partial charge is 0.416 e. The summed E-state index contributed by atoms with van der Waals surface area (Å²) in [6, 6.07) is 8.98. The van der Waals surface area contributed by atoms with Gasteiger partial charge in [-0.25, -0.2) is 4.98 Å². The van der Waals surface area contributed by atoms with Gasteiger partial charge in [0.15, 0.2) is 11.5 Å². The van der Waals surface area contributed by atoms with Crippen LogP contribution in [0.25, 0.3) is 11.0 Å². The number of aromatic nitrogens is 2. The molecule has 2 aromatic carbocycles. The fourth-order valence-corrected chi connectivity index (χ4v) is 2.76. The van der Waals surface area contributed by atoms with Crippen molar-refractivity contribution >= 4 is 17.0 Å². The molecule has 8 heteroatoms. The molecule has 0 fully saturated rings. The number of benzene rings is 2. The second-order valence-electron chi connectivity index (χ2n) is 5.61. The number of hydrogen-bond donors (Lipinski definition) is 2.